The summed E-state index contributed by atoms with van der Waals surface area (Å²) in [6.45, 7) is 23.3. The van der Waals surface area contributed by atoms with Gasteiger partial charge in [0.2, 0.25) is 5.79 Å². The van der Waals surface area contributed by atoms with Crippen LogP contribution >= 0.6 is 0 Å². The molecule has 0 amide bonds. The van der Waals surface area contributed by atoms with Crippen molar-refractivity contribution in [3.8, 4) is 0 Å². The minimum absolute atomic E-state index is 0.0201. The highest BCUT2D eigenvalue weighted by atomic mass is 17.3. The Labute approximate surface area is 162 Å². The molecule has 0 radical (unpaired) electrons. The zero-order valence-corrected chi connectivity index (χ0v) is 19.0. The molecule has 1 fully saturated rings. The molecule has 0 aromatic carbocycles. The maximum Gasteiger partial charge on any atom is 0.237 e. The Morgan fingerprint density at radius 3 is 1.62 bits per heavy atom. The molecule has 0 aliphatic heterocycles. The number of hydrogen-bond donors (Lipinski definition) is 0. The van der Waals surface area contributed by atoms with Gasteiger partial charge in [0.1, 0.15) is 0 Å². The van der Waals surface area contributed by atoms with Gasteiger partial charge in [-0.1, -0.05) is 69.2 Å². The Bertz CT molecular complexity index is 389. The summed E-state index contributed by atoms with van der Waals surface area (Å²) in [5.41, 5.74) is 0.291. The van der Waals surface area contributed by atoms with Gasteiger partial charge in [0.05, 0.1) is 13.2 Å². The largest absolute Gasteiger partial charge is 0.237 e. The quantitative estimate of drug-likeness (QED) is 0.281. The van der Waals surface area contributed by atoms with Crippen molar-refractivity contribution in [1.82, 2.24) is 0 Å². The predicted octanol–water partition coefficient (Wildman–Crippen LogP) is 6.40. The van der Waals surface area contributed by atoms with Gasteiger partial charge in [0.25, 0.3) is 0 Å². The summed E-state index contributed by atoms with van der Waals surface area (Å²) in [6.07, 6.45) is 2.88. The van der Waals surface area contributed by atoms with Crippen LogP contribution in [0.4, 0.5) is 0 Å². The fraction of sp³-hybridized carbons (Fsp3) is 1.00. The molecule has 0 aromatic rings. The molecule has 1 aliphatic rings. The molecular formula is C22H44O4. The molecule has 156 valence electrons. The first-order valence-corrected chi connectivity index (χ1v) is 10.4. The molecule has 4 heteroatoms. The number of rotatable bonds is 8. The molecule has 4 nitrogen and oxygen atoms in total. The molecule has 1 rings (SSSR count). The van der Waals surface area contributed by atoms with E-state index in [1.807, 2.05) is 0 Å². The lowest BCUT2D eigenvalue weighted by Crippen LogP contribution is -2.54. The monoisotopic (exact) mass is 372 g/mol. The Hall–Kier alpha value is -0.160. The van der Waals surface area contributed by atoms with E-state index in [2.05, 4.69) is 69.2 Å². The SMILES string of the molecule is CC(C)COOC1(OOCC(C)C)CCC(C(C)(C)C)CC1C(C)(C)C. The molecule has 0 aromatic heterocycles. The lowest BCUT2D eigenvalue weighted by molar-refractivity contribution is -0.537. The van der Waals surface area contributed by atoms with E-state index in [0.29, 0.717) is 31.0 Å². The molecule has 0 spiro atoms. The smallest absolute Gasteiger partial charge is 0.233 e. The van der Waals surface area contributed by atoms with Gasteiger partial charge in [-0.15, -0.1) is 0 Å². The van der Waals surface area contributed by atoms with Crippen LogP contribution in [0.15, 0.2) is 0 Å². The average molecular weight is 373 g/mol. The van der Waals surface area contributed by atoms with Gasteiger partial charge in [0.15, 0.2) is 0 Å². The summed E-state index contributed by atoms with van der Waals surface area (Å²) >= 11 is 0. The van der Waals surface area contributed by atoms with E-state index in [4.69, 9.17) is 19.6 Å². The van der Waals surface area contributed by atoms with E-state index < -0.39 is 5.79 Å². The van der Waals surface area contributed by atoms with E-state index in [1.54, 1.807) is 0 Å². The van der Waals surface area contributed by atoms with E-state index in [-0.39, 0.29) is 16.7 Å². The highest BCUT2D eigenvalue weighted by Gasteiger charge is 2.54. The van der Waals surface area contributed by atoms with Crippen molar-refractivity contribution in [1.29, 1.82) is 0 Å². The van der Waals surface area contributed by atoms with Gasteiger partial charge < -0.3 is 0 Å². The molecule has 0 N–H and O–H groups in total. The Balaban J connectivity index is 3.04. The normalized spacial score (nSPS) is 24.5. The summed E-state index contributed by atoms with van der Waals surface area (Å²) < 4.78 is 0. The van der Waals surface area contributed by atoms with Crippen molar-refractivity contribution < 1.29 is 19.6 Å². The van der Waals surface area contributed by atoms with Gasteiger partial charge in [0, 0.05) is 12.3 Å². The second-order valence-electron chi connectivity index (χ2n) is 11.1. The first kappa shape index (κ1) is 23.9. The van der Waals surface area contributed by atoms with Gasteiger partial charge in [-0.3, -0.25) is 0 Å². The minimum atomic E-state index is -0.843. The Morgan fingerprint density at radius 2 is 1.27 bits per heavy atom. The molecule has 1 aliphatic carbocycles. The Morgan fingerprint density at radius 1 is 0.808 bits per heavy atom. The van der Waals surface area contributed by atoms with Gasteiger partial charge in [-0.05, 0) is 41.4 Å². The van der Waals surface area contributed by atoms with Crippen molar-refractivity contribution >= 4 is 0 Å². The predicted molar refractivity (Wildman–Crippen MR) is 106 cm³/mol. The fourth-order valence-electron chi connectivity index (χ4n) is 3.68. The number of hydrogen-bond acceptors (Lipinski definition) is 4. The molecule has 0 heterocycles. The molecular weight excluding hydrogens is 328 g/mol. The van der Waals surface area contributed by atoms with Crippen molar-refractivity contribution in [3.05, 3.63) is 0 Å². The van der Waals surface area contributed by atoms with E-state index in [1.165, 1.54) is 0 Å². The van der Waals surface area contributed by atoms with Crippen LogP contribution in [0.3, 0.4) is 0 Å². The molecule has 0 saturated heterocycles. The summed E-state index contributed by atoms with van der Waals surface area (Å²) in [4.78, 5) is 23.3. The van der Waals surface area contributed by atoms with Crippen LogP contribution in [0.5, 0.6) is 0 Å². The summed E-state index contributed by atoms with van der Waals surface area (Å²) in [7, 11) is 0. The van der Waals surface area contributed by atoms with Gasteiger partial charge in [-0.25, -0.2) is 9.78 Å². The highest BCUT2D eigenvalue weighted by Crippen LogP contribution is 2.52. The third kappa shape index (κ3) is 7.10. The first-order chi connectivity index (χ1) is 11.8. The third-order valence-electron chi connectivity index (χ3n) is 5.37. The molecule has 2 unspecified atom stereocenters. The van der Waals surface area contributed by atoms with Crippen LogP contribution in [-0.2, 0) is 19.6 Å². The standard InChI is InChI=1S/C22H44O4/c1-16(2)14-23-25-22(26-24-15-17(3)4)12-11-18(20(5,6)7)13-19(22)21(8,9)10/h16-19H,11-15H2,1-10H3. The van der Waals surface area contributed by atoms with Crippen LogP contribution in [-0.4, -0.2) is 19.0 Å². The van der Waals surface area contributed by atoms with E-state index in [0.717, 1.165) is 19.3 Å². The maximum atomic E-state index is 6.02. The fourth-order valence-corrected chi connectivity index (χ4v) is 3.68. The van der Waals surface area contributed by atoms with E-state index >= 15 is 0 Å². The second-order valence-corrected chi connectivity index (χ2v) is 11.1. The van der Waals surface area contributed by atoms with Gasteiger partial charge in [-0.2, -0.15) is 9.78 Å². The topological polar surface area (TPSA) is 36.9 Å². The van der Waals surface area contributed by atoms with Gasteiger partial charge >= 0.3 is 0 Å². The highest BCUT2D eigenvalue weighted by molar-refractivity contribution is 4.95. The summed E-state index contributed by atoms with van der Waals surface area (Å²) in [5.74, 6) is 0.781. The zero-order chi connectivity index (χ0) is 20.2. The van der Waals surface area contributed by atoms with Crippen LogP contribution in [0.25, 0.3) is 0 Å². The van der Waals surface area contributed by atoms with Crippen molar-refractivity contribution in [2.75, 3.05) is 13.2 Å². The zero-order valence-electron chi connectivity index (χ0n) is 19.0. The molecule has 2 atom stereocenters. The molecule has 26 heavy (non-hydrogen) atoms. The van der Waals surface area contributed by atoms with Crippen molar-refractivity contribution in [3.63, 3.8) is 0 Å². The molecule has 1 saturated carbocycles. The summed E-state index contributed by atoms with van der Waals surface area (Å²) in [5, 5.41) is 0. The lowest BCUT2D eigenvalue weighted by atomic mass is 9.61. The lowest BCUT2D eigenvalue weighted by Gasteiger charge is -2.51. The average Bonchev–Trinajstić information content (AvgIpc) is 2.44. The van der Waals surface area contributed by atoms with E-state index in [9.17, 15) is 0 Å². The summed E-state index contributed by atoms with van der Waals surface area (Å²) in [6, 6.07) is 0. The second kappa shape index (κ2) is 9.36. The van der Waals surface area contributed by atoms with Crippen LogP contribution in [0.1, 0.15) is 88.5 Å². The maximum absolute atomic E-state index is 6.02. The van der Waals surface area contributed by atoms with Crippen LogP contribution in [0, 0.1) is 34.5 Å². The molecule has 0 bridgehead atoms. The Kier molecular flexibility index (Phi) is 8.59. The van der Waals surface area contributed by atoms with Crippen LogP contribution in [0.2, 0.25) is 0 Å². The minimum Gasteiger partial charge on any atom is -0.233 e. The van der Waals surface area contributed by atoms with Crippen molar-refractivity contribution in [2.24, 2.45) is 34.5 Å². The van der Waals surface area contributed by atoms with Crippen molar-refractivity contribution in [2.45, 2.75) is 94.3 Å². The third-order valence-corrected chi connectivity index (χ3v) is 5.37. The van der Waals surface area contributed by atoms with Crippen LogP contribution < -0.4 is 0 Å². The first-order valence-electron chi connectivity index (χ1n) is 10.4.